The number of nitrogens with zero attached hydrogens (tertiary/aromatic N) is 1. The van der Waals surface area contributed by atoms with Gasteiger partial charge >= 0.3 is 5.97 Å². The molecule has 2 aromatic rings. The van der Waals surface area contributed by atoms with E-state index in [4.69, 9.17) is 5.11 Å². The van der Waals surface area contributed by atoms with Gasteiger partial charge in [0.25, 0.3) is 0 Å². The van der Waals surface area contributed by atoms with Crippen molar-refractivity contribution in [2.75, 3.05) is 0 Å². The minimum absolute atomic E-state index is 0.235. The Morgan fingerprint density at radius 1 is 1.12 bits per heavy atom. The summed E-state index contributed by atoms with van der Waals surface area (Å²) in [4.78, 5) is 14.8. The lowest BCUT2D eigenvalue weighted by atomic mass is 9.94. The van der Waals surface area contributed by atoms with Crippen molar-refractivity contribution in [3.05, 3.63) is 71.6 Å². The lowest BCUT2D eigenvalue weighted by Gasteiger charge is -2.11. The highest BCUT2D eigenvalue weighted by molar-refractivity contribution is 5.79. The molecule has 1 heterocycles. The van der Waals surface area contributed by atoms with Gasteiger partial charge in [0.2, 0.25) is 0 Å². The Balaban J connectivity index is 2.18. The molecule has 0 saturated heterocycles. The van der Waals surface area contributed by atoms with Crippen LogP contribution in [0.1, 0.15) is 62.1 Å². The Kier molecular flexibility index (Phi) is 6.74. The first-order chi connectivity index (χ1) is 11.6. The molecule has 0 spiro atoms. The van der Waals surface area contributed by atoms with Crippen LogP contribution in [0.2, 0.25) is 0 Å². The molecule has 0 bridgehead atoms. The molecule has 0 radical (unpaired) electrons. The van der Waals surface area contributed by atoms with Gasteiger partial charge in [0.05, 0.1) is 0 Å². The SMILES string of the molecule is CC(C)c1ccc(C(=CCCCCC(=O)O)c2cccnc2)cc1. The second-order valence-electron chi connectivity index (χ2n) is 6.28. The highest BCUT2D eigenvalue weighted by atomic mass is 16.4. The maximum absolute atomic E-state index is 10.6. The summed E-state index contributed by atoms with van der Waals surface area (Å²) >= 11 is 0. The molecule has 24 heavy (non-hydrogen) atoms. The maximum Gasteiger partial charge on any atom is 0.303 e. The fraction of sp³-hybridized carbons (Fsp3) is 0.333. The maximum atomic E-state index is 10.6. The van der Waals surface area contributed by atoms with Crippen LogP contribution in [0.4, 0.5) is 0 Å². The number of unbranched alkanes of at least 4 members (excludes halogenated alkanes) is 2. The lowest BCUT2D eigenvalue weighted by Crippen LogP contribution is -1.94. The Hall–Kier alpha value is -2.42. The van der Waals surface area contributed by atoms with Crippen LogP contribution in [0.5, 0.6) is 0 Å². The molecule has 0 aliphatic rings. The molecule has 1 aromatic heterocycles. The minimum Gasteiger partial charge on any atom is -0.481 e. The van der Waals surface area contributed by atoms with Gasteiger partial charge in [-0.05, 0) is 47.9 Å². The average molecular weight is 323 g/mol. The van der Waals surface area contributed by atoms with Gasteiger partial charge in [-0.3, -0.25) is 9.78 Å². The third-order valence-electron chi connectivity index (χ3n) is 4.05. The molecule has 2 rings (SSSR count). The first-order valence-electron chi connectivity index (χ1n) is 8.50. The summed E-state index contributed by atoms with van der Waals surface area (Å²) in [5.74, 6) is -0.211. The van der Waals surface area contributed by atoms with E-state index >= 15 is 0 Å². The van der Waals surface area contributed by atoms with Gasteiger partial charge < -0.3 is 5.11 Å². The number of hydrogen-bond donors (Lipinski definition) is 1. The van der Waals surface area contributed by atoms with Crippen molar-refractivity contribution >= 4 is 11.5 Å². The number of pyridine rings is 1. The smallest absolute Gasteiger partial charge is 0.303 e. The zero-order valence-corrected chi connectivity index (χ0v) is 14.4. The van der Waals surface area contributed by atoms with Gasteiger partial charge in [0, 0.05) is 24.4 Å². The Labute approximate surface area is 144 Å². The Morgan fingerprint density at radius 3 is 2.46 bits per heavy atom. The minimum atomic E-state index is -0.726. The third-order valence-corrected chi connectivity index (χ3v) is 4.05. The average Bonchev–Trinajstić information content (AvgIpc) is 2.59. The number of rotatable bonds is 8. The summed E-state index contributed by atoms with van der Waals surface area (Å²) in [6.45, 7) is 4.38. The quantitative estimate of drug-likeness (QED) is 0.672. The van der Waals surface area contributed by atoms with Gasteiger partial charge in [0.1, 0.15) is 0 Å². The molecule has 0 aliphatic heterocycles. The summed E-state index contributed by atoms with van der Waals surface area (Å²) in [7, 11) is 0. The number of hydrogen-bond acceptors (Lipinski definition) is 2. The van der Waals surface area contributed by atoms with Crippen LogP contribution in [-0.4, -0.2) is 16.1 Å². The number of carboxylic acids is 1. The fourth-order valence-electron chi connectivity index (χ4n) is 2.64. The number of carboxylic acid groups (broad SMARTS) is 1. The largest absolute Gasteiger partial charge is 0.481 e. The van der Waals surface area contributed by atoms with Crippen molar-refractivity contribution in [2.24, 2.45) is 0 Å². The highest BCUT2D eigenvalue weighted by Gasteiger charge is 2.06. The standard InChI is InChI=1S/C21H25NO2/c1-16(2)17-10-12-18(13-11-17)20(19-7-6-14-22-15-19)8-4-3-5-9-21(23)24/h6-8,10-16H,3-5,9H2,1-2H3,(H,23,24). The molecule has 0 amide bonds. The number of benzene rings is 1. The van der Waals surface area contributed by atoms with Crippen LogP contribution in [0.15, 0.2) is 54.9 Å². The zero-order chi connectivity index (χ0) is 17.4. The van der Waals surface area contributed by atoms with E-state index in [9.17, 15) is 4.79 Å². The van der Waals surface area contributed by atoms with E-state index < -0.39 is 5.97 Å². The first-order valence-corrected chi connectivity index (χ1v) is 8.50. The summed E-state index contributed by atoms with van der Waals surface area (Å²) in [6, 6.07) is 12.7. The predicted molar refractivity (Wildman–Crippen MR) is 98.0 cm³/mol. The number of aromatic nitrogens is 1. The Bertz CT molecular complexity index is 673. The predicted octanol–water partition coefficient (Wildman–Crippen LogP) is 5.28. The molecule has 0 atom stereocenters. The van der Waals surface area contributed by atoms with E-state index in [0.717, 1.165) is 24.0 Å². The monoisotopic (exact) mass is 323 g/mol. The lowest BCUT2D eigenvalue weighted by molar-refractivity contribution is -0.137. The van der Waals surface area contributed by atoms with E-state index in [2.05, 4.69) is 55.2 Å². The zero-order valence-electron chi connectivity index (χ0n) is 14.4. The van der Waals surface area contributed by atoms with Crippen LogP contribution in [-0.2, 0) is 4.79 Å². The van der Waals surface area contributed by atoms with Crippen molar-refractivity contribution in [1.29, 1.82) is 0 Å². The molecule has 126 valence electrons. The molecule has 3 heteroatoms. The first kappa shape index (κ1) is 17.9. The molecule has 1 aromatic carbocycles. The van der Waals surface area contributed by atoms with E-state index in [1.165, 1.54) is 11.1 Å². The molecule has 3 nitrogen and oxygen atoms in total. The molecule has 0 unspecified atom stereocenters. The van der Waals surface area contributed by atoms with Gasteiger partial charge in [-0.25, -0.2) is 0 Å². The molecule has 0 saturated carbocycles. The Morgan fingerprint density at radius 2 is 1.88 bits per heavy atom. The van der Waals surface area contributed by atoms with Crippen LogP contribution in [0.25, 0.3) is 5.57 Å². The highest BCUT2D eigenvalue weighted by Crippen LogP contribution is 2.26. The van der Waals surface area contributed by atoms with Crippen molar-refractivity contribution in [3.63, 3.8) is 0 Å². The third kappa shape index (κ3) is 5.34. The summed E-state index contributed by atoms with van der Waals surface area (Å²) < 4.78 is 0. The summed E-state index contributed by atoms with van der Waals surface area (Å²) in [5, 5.41) is 8.73. The van der Waals surface area contributed by atoms with Gasteiger partial charge in [0.15, 0.2) is 0 Å². The van der Waals surface area contributed by atoms with Crippen molar-refractivity contribution in [1.82, 2.24) is 4.98 Å². The van der Waals surface area contributed by atoms with Gasteiger partial charge in [-0.1, -0.05) is 50.3 Å². The summed E-state index contributed by atoms with van der Waals surface area (Å²) in [6.07, 6.45) is 8.53. The van der Waals surface area contributed by atoms with Crippen LogP contribution in [0.3, 0.4) is 0 Å². The molecular weight excluding hydrogens is 298 g/mol. The topological polar surface area (TPSA) is 50.2 Å². The number of allylic oxidation sites excluding steroid dienone is 1. The second-order valence-corrected chi connectivity index (χ2v) is 6.28. The molecular formula is C21H25NO2. The van der Waals surface area contributed by atoms with Crippen LogP contribution in [0, 0.1) is 0 Å². The summed E-state index contributed by atoms with van der Waals surface area (Å²) in [5.41, 5.74) is 4.75. The van der Waals surface area contributed by atoms with Crippen LogP contribution >= 0.6 is 0 Å². The second kappa shape index (κ2) is 9.02. The molecule has 1 N–H and O–H groups in total. The molecule has 0 fully saturated rings. The normalized spacial score (nSPS) is 11.7. The van der Waals surface area contributed by atoms with Crippen molar-refractivity contribution in [3.8, 4) is 0 Å². The van der Waals surface area contributed by atoms with E-state index in [1.807, 2.05) is 12.3 Å². The van der Waals surface area contributed by atoms with Crippen LogP contribution < -0.4 is 0 Å². The van der Waals surface area contributed by atoms with E-state index in [0.29, 0.717) is 12.3 Å². The van der Waals surface area contributed by atoms with E-state index in [1.54, 1.807) is 6.20 Å². The van der Waals surface area contributed by atoms with E-state index in [-0.39, 0.29) is 6.42 Å². The fourth-order valence-corrected chi connectivity index (χ4v) is 2.64. The van der Waals surface area contributed by atoms with Gasteiger partial charge in [-0.15, -0.1) is 0 Å². The van der Waals surface area contributed by atoms with Crippen molar-refractivity contribution in [2.45, 2.75) is 45.4 Å². The van der Waals surface area contributed by atoms with Gasteiger partial charge in [-0.2, -0.15) is 0 Å². The van der Waals surface area contributed by atoms with Crippen molar-refractivity contribution < 1.29 is 9.90 Å². The number of carbonyl (C=O) groups is 1. The number of aliphatic carboxylic acids is 1. The molecule has 0 aliphatic carbocycles.